The van der Waals surface area contributed by atoms with Crippen LogP contribution in [-0.2, 0) is 11.3 Å². The Morgan fingerprint density at radius 2 is 1.74 bits per heavy atom. The highest BCUT2D eigenvalue weighted by molar-refractivity contribution is 9.10. The number of quaternary nitrogens is 1. The molecule has 0 bridgehead atoms. The lowest BCUT2D eigenvalue weighted by molar-refractivity contribution is -0.913. The van der Waals surface area contributed by atoms with Crippen molar-refractivity contribution in [2.24, 2.45) is 0 Å². The average Bonchev–Trinajstić information content (AvgIpc) is 2.56. The van der Waals surface area contributed by atoms with Crippen molar-refractivity contribution in [3.8, 4) is 0 Å². The van der Waals surface area contributed by atoms with Gasteiger partial charge in [-0.2, -0.15) is 0 Å². The van der Waals surface area contributed by atoms with Crippen LogP contribution >= 0.6 is 15.9 Å². The minimum absolute atomic E-state index is 0.00387. The fourth-order valence-electron chi connectivity index (χ4n) is 2.39. The number of hydrogen-bond acceptors (Lipinski definition) is 2. The standard InChI is InChI=1S/C18H21BrN2O2/c19-16-6-8-17(9-7-16)20-18(23)10-11-21(12-13-22)14-15-4-2-1-3-5-15/h1-9,22H,10-14H2,(H,20,23)/p+1. The second-order valence-corrected chi connectivity index (χ2v) is 6.36. The Morgan fingerprint density at radius 3 is 2.39 bits per heavy atom. The first-order valence-electron chi connectivity index (χ1n) is 7.71. The maximum Gasteiger partial charge on any atom is 0.230 e. The van der Waals surface area contributed by atoms with E-state index in [9.17, 15) is 9.90 Å². The van der Waals surface area contributed by atoms with Gasteiger partial charge in [0.15, 0.2) is 0 Å². The number of amides is 1. The summed E-state index contributed by atoms with van der Waals surface area (Å²) in [7, 11) is 0. The number of benzene rings is 2. The number of carbonyl (C=O) groups excluding carboxylic acids is 1. The summed E-state index contributed by atoms with van der Waals surface area (Å²) in [5, 5.41) is 12.1. The highest BCUT2D eigenvalue weighted by Gasteiger charge is 2.12. The molecule has 0 saturated carbocycles. The first-order valence-corrected chi connectivity index (χ1v) is 8.50. The molecule has 23 heavy (non-hydrogen) atoms. The number of carbonyl (C=O) groups is 1. The number of hydrogen-bond donors (Lipinski definition) is 3. The SMILES string of the molecule is O=C(CC[NH+](CCO)Cc1ccccc1)Nc1ccc(Br)cc1. The van der Waals surface area contributed by atoms with E-state index < -0.39 is 0 Å². The normalized spacial score (nSPS) is 11.9. The van der Waals surface area contributed by atoms with Gasteiger partial charge in [-0.3, -0.25) is 4.79 Å². The molecule has 1 amide bonds. The summed E-state index contributed by atoms with van der Waals surface area (Å²) in [5.41, 5.74) is 2.01. The number of aliphatic hydroxyl groups is 1. The third-order valence-corrected chi connectivity index (χ3v) is 4.12. The first kappa shape index (κ1) is 17.7. The molecule has 0 saturated heterocycles. The molecule has 2 aromatic rings. The predicted molar refractivity (Wildman–Crippen MR) is 95.3 cm³/mol. The Morgan fingerprint density at radius 1 is 1.04 bits per heavy atom. The number of anilines is 1. The van der Waals surface area contributed by atoms with E-state index in [0.29, 0.717) is 19.5 Å². The fraction of sp³-hybridized carbons (Fsp3) is 0.278. The van der Waals surface area contributed by atoms with Crippen molar-refractivity contribution in [3.05, 3.63) is 64.6 Å². The minimum atomic E-state index is -0.00387. The van der Waals surface area contributed by atoms with Gasteiger partial charge in [0.25, 0.3) is 0 Å². The van der Waals surface area contributed by atoms with Gasteiger partial charge in [-0.1, -0.05) is 46.3 Å². The summed E-state index contributed by atoms with van der Waals surface area (Å²) in [5.74, 6) is -0.00387. The van der Waals surface area contributed by atoms with E-state index in [2.05, 4.69) is 33.4 Å². The van der Waals surface area contributed by atoms with Gasteiger partial charge in [-0.25, -0.2) is 0 Å². The van der Waals surface area contributed by atoms with Crippen LogP contribution in [0.25, 0.3) is 0 Å². The molecule has 3 N–H and O–H groups in total. The van der Waals surface area contributed by atoms with Crippen molar-refractivity contribution in [2.75, 3.05) is 25.0 Å². The van der Waals surface area contributed by atoms with Crippen LogP contribution in [0.1, 0.15) is 12.0 Å². The molecule has 0 fully saturated rings. The Balaban J connectivity index is 1.83. The molecule has 0 aliphatic rings. The number of rotatable bonds is 8. The Hall–Kier alpha value is -1.69. The molecule has 0 radical (unpaired) electrons. The number of halogens is 1. The molecule has 0 aliphatic heterocycles. The highest BCUT2D eigenvalue weighted by Crippen LogP contribution is 2.14. The molecular formula is C18H22BrN2O2+. The third kappa shape index (κ3) is 6.52. The van der Waals surface area contributed by atoms with E-state index in [1.165, 1.54) is 10.5 Å². The van der Waals surface area contributed by atoms with Crippen LogP contribution in [-0.4, -0.2) is 30.7 Å². The second-order valence-electron chi connectivity index (χ2n) is 5.44. The van der Waals surface area contributed by atoms with E-state index >= 15 is 0 Å². The van der Waals surface area contributed by atoms with E-state index in [0.717, 1.165) is 16.7 Å². The molecule has 0 spiro atoms. The van der Waals surface area contributed by atoms with E-state index in [-0.39, 0.29) is 12.5 Å². The quantitative estimate of drug-likeness (QED) is 0.657. The van der Waals surface area contributed by atoms with Crippen molar-refractivity contribution in [2.45, 2.75) is 13.0 Å². The van der Waals surface area contributed by atoms with Crippen LogP contribution in [0.2, 0.25) is 0 Å². The lowest BCUT2D eigenvalue weighted by Gasteiger charge is -2.18. The maximum atomic E-state index is 12.1. The van der Waals surface area contributed by atoms with Gasteiger partial charge in [0, 0.05) is 15.7 Å². The van der Waals surface area contributed by atoms with Gasteiger partial charge < -0.3 is 15.3 Å². The monoisotopic (exact) mass is 377 g/mol. The zero-order chi connectivity index (χ0) is 16.5. The van der Waals surface area contributed by atoms with Crippen LogP contribution in [0.15, 0.2) is 59.1 Å². The van der Waals surface area contributed by atoms with Gasteiger partial charge in [0.1, 0.15) is 13.1 Å². The summed E-state index contributed by atoms with van der Waals surface area (Å²) in [6.07, 6.45) is 0.429. The lowest BCUT2D eigenvalue weighted by atomic mass is 10.2. The minimum Gasteiger partial charge on any atom is -0.391 e. The average molecular weight is 378 g/mol. The fourth-order valence-corrected chi connectivity index (χ4v) is 2.66. The first-order chi connectivity index (χ1) is 11.2. The van der Waals surface area contributed by atoms with Crippen LogP contribution in [0, 0.1) is 0 Å². The smallest absolute Gasteiger partial charge is 0.230 e. The van der Waals surface area contributed by atoms with Crippen molar-refractivity contribution < 1.29 is 14.8 Å². The van der Waals surface area contributed by atoms with Gasteiger partial charge in [-0.15, -0.1) is 0 Å². The van der Waals surface area contributed by atoms with Gasteiger partial charge in [-0.05, 0) is 24.3 Å². The van der Waals surface area contributed by atoms with E-state index in [1.807, 2.05) is 42.5 Å². The molecule has 2 rings (SSSR count). The number of aliphatic hydroxyl groups excluding tert-OH is 1. The molecule has 122 valence electrons. The molecule has 0 aliphatic carbocycles. The summed E-state index contributed by atoms with van der Waals surface area (Å²) in [6.45, 7) is 2.27. The summed E-state index contributed by atoms with van der Waals surface area (Å²) >= 11 is 3.37. The maximum absolute atomic E-state index is 12.1. The summed E-state index contributed by atoms with van der Waals surface area (Å²) in [6, 6.07) is 17.7. The Labute approximate surface area is 145 Å². The van der Waals surface area contributed by atoms with Crippen LogP contribution in [0.4, 0.5) is 5.69 Å². The van der Waals surface area contributed by atoms with Crippen molar-refractivity contribution >= 4 is 27.5 Å². The van der Waals surface area contributed by atoms with Crippen molar-refractivity contribution in [1.29, 1.82) is 0 Å². The second kappa shape index (κ2) is 9.45. The zero-order valence-corrected chi connectivity index (χ0v) is 14.6. The molecule has 1 atom stereocenters. The lowest BCUT2D eigenvalue weighted by Crippen LogP contribution is -3.11. The largest absolute Gasteiger partial charge is 0.391 e. The molecule has 5 heteroatoms. The molecular weight excluding hydrogens is 356 g/mol. The van der Waals surface area contributed by atoms with Gasteiger partial charge in [0.05, 0.1) is 19.6 Å². The van der Waals surface area contributed by atoms with Crippen LogP contribution < -0.4 is 10.2 Å². The topological polar surface area (TPSA) is 53.8 Å². The third-order valence-electron chi connectivity index (χ3n) is 3.60. The van der Waals surface area contributed by atoms with E-state index in [1.54, 1.807) is 0 Å². The molecule has 1 unspecified atom stereocenters. The van der Waals surface area contributed by atoms with E-state index in [4.69, 9.17) is 0 Å². The Kier molecular flexibility index (Phi) is 7.26. The number of nitrogens with one attached hydrogen (secondary N) is 2. The Bertz CT molecular complexity index is 602. The zero-order valence-electron chi connectivity index (χ0n) is 13.0. The highest BCUT2D eigenvalue weighted by atomic mass is 79.9. The summed E-state index contributed by atoms with van der Waals surface area (Å²) < 4.78 is 0.983. The summed E-state index contributed by atoms with van der Waals surface area (Å²) in [4.78, 5) is 13.3. The molecule has 2 aromatic carbocycles. The van der Waals surface area contributed by atoms with Gasteiger partial charge in [0.2, 0.25) is 5.91 Å². The van der Waals surface area contributed by atoms with Crippen LogP contribution in [0.3, 0.4) is 0 Å². The van der Waals surface area contributed by atoms with Crippen molar-refractivity contribution in [1.82, 2.24) is 0 Å². The molecule has 0 heterocycles. The van der Waals surface area contributed by atoms with Crippen molar-refractivity contribution in [3.63, 3.8) is 0 Å². The van der Waals surface area contributed by atoms with Crippen LogP contribution in [0.5, 0.6) is 0 Å². The molecule has 4 nitrogen and oxygen atoms in total. The molecule has 0 aromatic heterocycles. The van der Waals surface area contributed by atoms with Gasteiger partial charge >= 0.3 is 0 Å². The predicted octanol–water partition coefficient (Wildman–Crippen LogP) is 1.86.